The molecular formula is C15H23NO3S. The molecule has 0 heterocycles. The molecular weight excluding hydrogens is 274 g/mol. The maximum Gasteiger partial charge on any atom is 0.338 e. The van der Waals surface area contributed by atoms with Crippen molar-refractivity contribution < 1.29 is 14.6 Å². The van der Waals surface area contributed by atoms with E-state index in [1.165, 1.54) is 0 Å². The molecule has 0 aliphatic carbocycles. The van der Waals surface area contributed by atoms with Crippen molar-refractivity contribution in [3.8, 4) is 0 Å². The number of hydrogen-bond acceptors (Lipinski definition) is 4. The van der Waals surface area contributed by atoms with Gasteiger partial charge in [0, 0.05) is 18.0 Å². The third-order valence-corrected chi connectivity index (χ3v) is 3.84. The van der Waals surface area contributed by atoms with Crippen LogP contribution in [0.15, 0.2) is 23.1 Å². The minimum atomic E-state index is -0.892. The van der Waals surface area contributed by atoms with E-state index in [1.54, 1.807) is 18.9 Å². The second kappa shape index (κ2) is 8.87. The minimum absolute atomic E-state index is 0.130. The molecule has 1 unspecified atom stereocenters. The fourth-order valence-corrected chi connectivity index (χ4v) is 2.94. The molecule has 4 nitrogen and oxygen atoms in total. The molecule has 1 aromatic rings. The van der Waals surface area contributed by atoms with Gasteiger partial charge >= 0.3 is 5.97 Å². The molecule has 0 aliphatic rings. The predicted molar refractivity (Wildman–Crippen MR) is 84.0 cm³/mol. The number of carboxylic acid groups (broad SMARTS) is 1. The molecule has 0 aliphatic heterocycles. The summed E-state index contributed by atoms with van der Waals surface area (Å²) in [7, 11) is 1.66. The molecule has 0 spiro atoms. The molecule has 0 radical (unpaired) electrons. The van der Waals surface area contributed by atoms with Crippen LogP contribution >= 0.6 is 11.8 Å². The van der Waals surface area contributed by atoms with Gasteiger partial charge in [0.1, 0.15) is 0 Å². The van der Waals surface area contributed by atoms with E-state index in [0.29, 0.717) is 17.9 Å². The monoisotopic (exact) mass is 297 g/mol. The van der Waals surface area contributed by atoms with Crippen LogP contribution in [0, 0.1) is 0 Å². The van der Waals surface area contributed by atoms with Gasteiger partial charge in [-0.25, -0.2) is 4.79 Å². The summed E-state index contributed by atoms with van der Waals surface area (Å²) in [6.07, 6.45) is 1.96. The lowest BCUT2D eigenvalue weighted by Crippen LogP contribution is -2.26. The first kappa shape index (κ1) is 16.9. The van der Waals surface area contributed by atoms with Crippen LogP contribution < -0.4 is 5.32 Å². The van der Waals surface area contributed by atoms with Gasteiger partial charge in [0.2, 0.25) is 0 Å². The van der Waals surface area contributed by atoms with E-state index in [-0.39, 0.29) is 6.04 Å². The number of benzene rings is 1. The molecule has 1 atom stereocenters. The van der Waals surface area contributed by atoms with Crippen molar-refractivity contribution in [1.82, 2.24) is 0 Å². The van der Waals surface area contributed by atoms with Crippen LogP contribution in [0.3, 0.4) is 0 Å². The number of anilines is 1. The number of thioether (sulfide) groups is 1. The zero-order chi connectivity index (χ0) is 15.0. The first-order valence-electron chi connectivity index (χ1n) is 6.88. The standard InChI is InChI=1S/C15H23NO3S/c1-4-7-11(10-19-3)16-12-8-6-9-13(20-5-2)14(12)15(17)18/h6,8-9,11,16H,4-5,7,10H2,1-3H3,(H,17,18). The number of aromatic carboxylic acids is 1. The Morgan fingerprint density at radius 2 is 2.20 bits per heavy atom. The lowest BCUT2D eigenvalue weighted by Gasteiger charge is -2.20. The third-order valence-electron chi connectivity index (χ3n) is 2.90. The first-order valence-corrected chi connectivity index (χ1v) is 7.87. The van der Waals surface area contributed by atoms with Crippen LogP contribution in [0.5, 0.6) is 0 Å². The summed E-state index contributed by atoms with van der Waals surface area (Å²) in [6.45, 7) is 4.69. The molecule has 0 bridgehead atoms. The molecule has 20 heavy (non-hydrogen) atoms. The number of rotatable bonds is 9. The predicted octanol–water partition coefficient (Wildman–Crippen LogP) is 3.72. The molecule has 1 rings (SSSR count). The lowest BCUT2D eigenvalue weighted by molar-refractivity contribution is 0.0694. The summed E-state index contributed by atoms with van der Waals surface area (Å²) in [5.74, 6) is -0.0445. The summed E-state index contributed by atoms with van der Waals surface area (Å²) < 4.78 is 5.19. The van der Waals surface area contributed by atoms with Crippen molar-refractivity contribution in [1.29, 1.82) is 0 Å². The fourth-order valence-electron chi connectivity index (χ4n) is 2.11. The van der Waals surface area contributed by atoms with Gasteiger partial charge in [0.15, 0.2) is 0 Å². The van der Waals surface area contributed by atoms with E-state index >= 15 is 0 Å². The van der Waals surface area contributed by atoms with E-state index in [4.69, 9.17) is 4.74 Å². The second-order valence-electron chi connectivity index (χ2n) is 4.50. The summed E-state index contributed by atoms with van der Waals surface area (Å²) in [4.78, 5) is 12.3. The van der Waals surface area contributed by atoms with Gasteiger partial charge < -0.3 is 15.2 Å². The summed E-state index contributed by atoms with van der Waals surface area (Å²) >= 11 is 1.55. The van der Waals surface area contributed by atoms with Gasteiger partial charge in [-0.3, -0.25) is 0 Å². The molecule has 0 aromatic heterocycles. The highest BCUT2D eigenvalue weighted by Crippen LogP contribution is 2.29. The van der Waals surface area contributed by atoms with Gasteiger partial charge in [-0.15, -0.1) is 11.8 Å². The van der Waals surface area contributed by atoms with Crippen LogP contribution in [-0.2, 0) is 4.74 Å². The number of methoxy groups -OCH3 is 1. The number of carboxylic acids is 1. The molecule has 0 amide bonds. The number of carbonyl (C=O) groups is 1. The SMILES string of the molecule is CCCC(COC)Nc1cccc(SCC)c1C(=O)O. The highest BCUT2D eigenvalue weighted by atomic mass is 32.2. The van der Waals surface area contributed by atoms with Crippen LogP contribution in [0.2, 0.25) is 0 Å². The van der Waals surface area contributed by atoms with E-state index in [2.05, 4.69) is 12.2 Å². The molecule has 1 aromatic carbocycles. The minimum Gasteiger partial charge on any atom is -0.478 e. The van der Waals surface area contributed by atoms with E-state index < -0.39 is 5.97 Å². The Kier molecular flexibility index (Phi) is 7.47. The van der Waals surface area contributed by atoms with Gasteiger partial charge in [-0.05, 0) is 24.3 Å². The smallest absolute Gasteiger partial charge is 0.338 e. The summed E-state index contributed by atoms with van der Waals surface area (Å²) in [5, 5.41) is 12.8. The summed E-state index contributed by atoms with van der Waals surface area (Å²) in [6, 6.07) is 5.70. The van der Waals surface area contributed by atoms with E-state index in [0.717, 1.165) is 23.5 Å². The van der Waals surface area contributed by atoms with Crippen molar-refractivity contribution in [3.05, 3.63) is 23.8 Å². The van der Waals surface area contributed by atoms with Crippen molar-refractivity contribution in [3.63, 3.8) is 0 Å². The van der Waals surface area contributed by atoms with Crippen molar-refractivity contribution in [2.75, 3.05) is 24.8 Å². The van der Waals surface area contributed by atoms with Crippen molar-refractivity contribution in [2.45, 2.75) is 37.6 Å². The quantitative estimate of drug-likeness (QED) is 0.680. The molecule has 5 heteroatoms. The number of nitrogens with one attached hydrogen (secondary N) is 1. The highest BCUT2D eigenvalue weighted by molar-refractivity contribution is 7.99. The lowest BCUT2D eigenvalue weighted by atomic mass is 10.1. The molecule has 2 N–H and O–H groups in total. The maximum atomic E-state index is 11.5. The van der Waals surface area contributed by atoms with Gasteiger partial charge in [0.05, 0.1) is 17.9 Å². The Morgan fingerprint density at radius 1 is 1.45 bits per heavy atom. The molecule has 0 fully saturated rings. The number of hydrogen-bond donors (Lipinski definition) is 2. The van der Waals surface area contributed by atoms with E-state index in [9.17, 15) is 9.90 Å². The average molecular weight is 297 g/mol. The van der Waals surface area contributed by atoms with Crippen molar-refractivity contribution >= 4 is 23.4 Å². The zero-order valence-corrected chi connectivity index (χ0v) is 13.1. The maximum absolute atomic E-state index is 11.5. The van der Waals surface area contributed by atoms with Gasteiger partial charge in [-0.2, -0.15) is 0 Å². The van der Waals surface area contributed by atoms with Crippen LogP contribution in [0.4, 0.5) is 5.69 Å². The largest absolute Gasteiger partial charge is 0.478 e. The zero-order valence-electron chi connectivity index (χ0n) is 12.3. The van der Waals surface area contributed by atoms with Gasteiger partial charge in [-0.1, -0.05) is 26.3 Å². The molecule has 0 saturated carbocycles. The van der Waals surface area contributed by atoms with Crippen LogP contribution in [0.25, 0.3) is 0 Å². The van der Waals surface area contributed by atoms with Gasteiger partial charge in [0.25, 0.3) is 0 Å². The molecule has 0 saturated heterocycles. The topological polar surface area (TPSA) is 58.6 Å². The Balaban J connectivity index is 3.03. The highest BCUT2D eigenvalue weighted by Gasteiger charge is 2.17. The van der Waals surface area contributed by atoms with E-state index in [1.807, 2.05) is 25.1 Å². The van der Waals surface area contributed by atoms with Crippen molar-refractivity contribution in [2.24, 2.45) is 0 Å². The Morgan fingerprint density at radius 3 is 2.75 bits per heavy atom. The van der Waals surface area contributed by atoms with Crippen LogP contribution in [0.1, 0.15) is 37.0 Å². The summed E-state index contributed by atoms with van der Waals surface area (Å²) in [5.41, 5.74) is 1.03. The Hall–Kier alpha value is -1.20. The Bertz CT molecular complexity index is 431. The average Bonchev–Trinajstić information content (AvgIpc) is 2.39. The number of ether oxygens (including phenoxy) is 1. The van der Waals surface area contributed by atoms with Crippen LogP contribution in [-0.4, -0.2) is 36.6 Å². The first-order chi connectivity index (χ1) is 9.63. The second-order valence-corrected chi connectivity index (χ2v) is 5.81. The molecule has 112 valence electrons. The fraction of sp³-hybridized carbons (Fsp3) is 0.533. The third kappa shape index (κ3) is 4.72. The Labute approximate surface area is 124 Å². The normalized spacial score (nSPS) is 12.2.